The second-order valence-electron chi connectivity index (χ2n) is 3.91. The zero-order chi connectivity index (χ0) is 15.8. The van der Waals surface area contributed by atoms with Crippen molar-refractivity contribution in [3.8, 4) is 11.8 Å². The number of amides is 1. The molecule has 0 saturated heterocycles. The van der Waals surface area contributed by atoms with Crippen molar-refractivity contribution in [2.75, 3.05) is 27.9 Å². The Hall–Kier alpha value is -2.42. The summed E-state index contributed by atoms with van der Waals surface area (Å²) >= 11 is 0. The number of hydrogen-bond donors (Lipinski definition) is 2. The van der Waals surface area contributed by atoms with E-state index in [-0.39, 0.29) is 30.4 Å². The van der Waals surface area contributed by atoms with Crippen LogP contribution >= 0.6 is 0 Å². The summed E-state index contributed by atoms with van der Waals surface area (Å²) in [6.45, 7) is 0.191. The Morgan fingerprint density at radius 3 is 2.24 bits per heavy atom. The first-order valence-corrected chi connectivity index (χ1v) is 6.00. The summed E-state index contributed by atoms with van der Waals surface area (Å²) in [4.78, 5) is 30.9. The Kier molecular flexibility index (Phi) is 6.34. The molecule has 0 saturated carbocycles. The summed E-state index contributed by atoms with van der Waals surface area (Å²) in [5.74, 6) is -1.88. The highest BCUT2D eigenvalue weighted by molar-refractivity contribution is 6.00. The van der Waals surface area contributed by atoms with Crippen molar-refractivity contribution >= 4 is 11.9 Å². The maximum Gasteiger partial charge on any atom is 0.326 e. The Morgan fingerprint density at radius 2 is 1.81 bits per heavy atom. The van der Waals surface area contributed by atoms with E-state index in [0.717, 1.165) is 0 Å². The number of nitrogens with one attached hydrogen (secondary N) is 1. The summed E-state index contributed by atoms with van der Waals surface area (Å²) in [7, 11) is 4.11. The molecule has 0 aliphatic heterocycles. The van der Waals surface area contributed by atoms with Gasteiger partial charge in [0.25, 0.3) is 5.91 Å². The molecule has 1 unspecified atom stereocenters. The van der Waals surface area contributed by atoms with Gasteiger partial charge in [-0.25, -0.2) is 14.8 Å². The van der Waals surface area contributed by atoms with Crippen LogP contribution in [0.5, 0.6) is 11.8 Å². The minimum atomic E-state index is -1.17. The highest BCUT2D eigenvalue weighted by Crippen LogP contribution is 2.23. The van der Waals surface area contributed by atoms with E-state index < -0.39 is 17.9 Å². The molecule has 9 nitrogen and oxygen atoms in total. The van der Waals surface area contributed by atoms with Crippen LogP contribution in [0.1, 0.15) is 16.8 Å². The molecule has 0 aromatic carbocycles. The Balaban J connectivity index is 2.99. The van der Waals surface area contributed by atoms with Crippen molar-refractivity contribution in [1.82, 2.24) is 15.3 Å². The number of ether oxygens (including phenoxy) is 3. The van der Waals surface area contributed by atoms with Crippen molar-refractivity contribution in [2.45, 2.75) is 12.5 Å². The average Bonchev–Trinajstić information content (AvgIpc) is 2.49. The Bertz CT molecular complexity index is 486. The lowest BCUT2D eigenvalue weighted by Crippen LogP contribution is -2.41. The summed E-state index contributed by atoms with van der Waals surface area (Å²) in [5, 5.41) is 11.4. The largest absolute Gasteiger partial charge is 0.480 e. The number of carboxylic acid groups (broad SMARTS) is 1. The molecule has 0 aliphatic carbocycles. The summed E-state index contributed by atoms with van der Waals surface area (Å²) in [5.41, 5.74) is -0.0637. The standard InChI is InChI=1S/C12H17N3O6/c1-19-5-4-7(12(17)18)15-9(16)8-10(20-2)13-6-14-11(8)21-3/h6-7H,4-5H2,1-3H3,(H,15,16)(H,17,18). The van der Waals surface area contributed by atoms with Gasteiger partial charge in [0, 0.05) is 20.1 Å². The van der Waals surface area contributed by atoms with Gasteiger partial charge in [-0.05, 0) is 0 Å². The molecule has 1 heterocycles. The van der Waals surface area contributed by atoms with Crippen molar-refractivity contribution in [3.63, 3.8) is 0 Å². The fourth-order valence-corrected chi connectivity index (χ4v) is 1.58. The van der Waals surface area contributed by atoms with Crippen molar-refractivity contribution in [3.05, 3.63) is 11.9 Å². The topological polar surface area (TPSA) is 120 Å². The zero-order valence-corrected chi connectivity index (χ0v) is 12.0. The van der Waals surface area contributed by atoms with Crippen LogP contribution in [0.25, 0.3) is 0 Å². The molecule has 0 radical (unpaired) electrons. The third kappa shape index (κ3) is 4.28. The van der Waals surface area contributed by atoms with E-state index in [9.17, 15) is 9.59 Å². The molecule has 1 amide bonds. The van der Waals surface area contributed by atoms with E-state index in [1.807, 2.05) is 0 Å². The van der Waals surface area contributed by atoms with E-state index in [1.165, 1.54) is 27.7 Å². The number of aromatic nitrogens is 2. The molecule has 0 spiro atoms. The van der Waals surface area contributed by atoms with Crippen LogP contribution in [0, 0.1) is 0 Å². The lowest BCUT2D eigenvalue weighted by atomic mass is 10.2. The molecular weight excluding hydrogens is 282 g/mol. The number of carboxylic acids is 1. The summed E-state index contributed by atoms with van der Waals surface area (Å²) < 4.78 is 14.7. The lowest BCUT2D eigenvalue weighted by Gasteiger charge is -2.16. The quantitative estimate of drug-likeness (QED) is 0.672. The number of nitrogens with zero attached hydrogens (tertiary/aromatic N) is 2. The molecule has 1 rings (SSSR count). The molecule has 0 aliphatic rings. The van der Waals surface area contributed by atoms with Gasteiger partial charge < -0.3 is 24.6 Å². The minimum absolute atomic E-state index is 0.00442. The molecule has 0 bridgehead atoms. The molecular formula is C12H17N3O6. The predicted octanol–water partition coefficient (Wildman–Crippen LogP) is -0.287. The molecule has 116 valence electrons. The normalized spacial score (nSPS) is 11.6. The average molecular weight is 299 g/mol. The molecule has 1 aromatic heterocycles. The molecule has 0 fully saturated rings. The van der Waals surface area contributed by atoms with Gasteiger partial charge in [0.1, 0.15) is 12.4 Å². The first-order valence-electron chi connectivity index (χ1n) is 6.00. The van der Waals surface area contributed by atoms with Gasteiger partial charge in [-0.2, -0.15) is 0 Å². The fourth-order valence-electron chi connectivity index (χ4n) is 1.58. The molecule has 2 N–H and O–H groups in total. The van der Waals surface area contributed by atoms with Crippen molar-refractivity contribution in [1.29, 1.82) is 0 Å². The van der Waals surface area contributed by atoms with Crippen LogP contribution in [-0.2, 0) is 9.53 Å². The second-order valence-corrected chi connectivity index (χ2v) is 3.91. The van der Waals surface area contributed by atoms with Gasteiger partial charge in [-0.15, -0.1) is 0 Å². The zero-order valence-electron chi connectivity index (χ0n) is 12.0. The highest BCUT2D eigenvalue weighted by atomic mass is 16.5. The molecule has 21 heavy (non-hydrogen) atoms. The molecule has 9 heteroatoms. The SMILES string of the molecule is COCCC(NC(=O)c1c(OC)ncnc1OC)C(=O)O. The third-order valence-electron chi connectivity index (χ3n) is 2.61. The van der Waals surface area contributed by atoms with E-state index >= 15 is 0 Å². The van der Waals surface area contributed by atoms with Gasteiger partial charge in [0.2, 0.25) is 11.8 Å². The van der Waals surface area contributed by atoms with E-state index in [2.05, 4.69) is 15.3 Å². The van der Waals surface area contributed by atoms with Crippen LogP contribution < -0.4 is 14.8 Å². The highest BCUT2D eigenvalue weighted by Gasteiger charge is 2.26. The maximum atomic E-state index is 12.2. The van der Waals surface area contributed by atoms with Crippen LogP contribution in [-0.4, -0.2) is 60.9 Å². The van der Waals surface area contributed by atoms with Gasteiger partial charge >= 0.3 is 5.97 Å². The van der Waals surface area contributed by atoms with Crippen LogP contribution in [0.2, 0.25) is 0 Å². The number of carbonyl (C=O) groups excluding carboxylic acids is 1. The Morgan fingerprint density at radius 1 is 1.24 bits per heavy atom. The van der Waals surface area contributed by atoms with Gasteiger partial charge in [-0.1, -0.05) is 0 Å². The number of hydrogen-bond acceptors (Lipinski definition) is 7. The molecule has 1 aromatic rings. The van der Waals surface area contributed by atoms with Crippen molar-refractivity contribution < 1.29 is 28.9 Å². The van der Waals surface area contributed by atoms with Gasteiger partial charge in [0.05, 0.1) is 14.2 Å². The number of rotatable bonds is 8. The van der Waals surface area contributed by atoms with Crippen LogP contribution in [0.4, 0.5) is 0 Å². The summed E-state index contributed by atoms with van der Waals surface area (Å²) in [6, 6.07) is -1.10. The fraction of sp³-hybridized carbons (Fsp3) is 0.500. The monoisotopic (exact) mass is 299 g/mol. The molecule has 1 atom stereocenters. The first-order chi connectivity index (χ1) is 10.0. The number of aliphatic carboxylic acids is 1. The lowest BCUT2D eigenvalue weighted by molar-refractivity contribution is -0.139. The van der Waals surface area contributed by atoms with Crippen LogP contribution in [0.3, 0.4) is 0 Å². The smallest absolute Gasteiger partial charge is 0.326 e. The summed E-state index contributed by atoms with van der Waals surface area (Å²) in [6.07, 6.45) is 1.30. The van der Waals surface area contributed by atoms with Crippen molar-refractivity contribution in [2.24, 2.45) is 0 Å². The van der Waals surface area contributed by atoms with Gasteiger partial charge in [-0.3, -0.25) is 4.79 Å². The third-order valence-corrected chi connectivity index (χ3v) is 2.61. The van der Waals surface area contributed by atoms with E-state index in [0.29, 0.717) is 0 Å². The first kappa shape index (κ1) is 16.6. The minimum Gasteiger partial charge on any atom is -0.480 e. The second kappa shape index (κ2) is 8.00. The van der Waals surface area contributed by atoms with Crippen LogP contribution in [0.15, 0.2) is 6.33 Å². The van der Waals surface area contributed by atoms with Gasteiger partial charge in [0.15, 0.2) is 5.56 Å². The number of carbonyl (C=O) groups is 2. The Labute approximate surface area is 121 Å². The van der Waals surface area contributed by atoms with E-state index in [1.54, 1.807) is 0 Å². The van der Waals surface area contributed by atoms with E-state index in [4.69, 9.17) is 19.3 Å². The maximum absolute atomic E-state index is 12.2. The number of methoxy groups -OCH3 is 3. The predicted molar refractivity (Wildman–Crippen MR) is 70.5 cm³/mol.